The maximum absolute atomic E-state index is 12.0. The van der Waals surface area contributed by atoms with E-state index in [4.69, 9.17) is 11.6 Å². The van der Waals surface area contributed by atoms with Crippen LogP contribution in [0.4, 0.5) is 5.13 Å². The van der Waals surface area contributed by atoms with Gasteiger partial charge in [-0.1, -0.05) is 46.8 Å². The molecule has 19 heavy (non-hydrogen) atoms. The molecule has 2 aromatic rings. The zero-order valence-electron chi connectivity index (χ0n) is 9.83. The lowest BCUT2D eigenvalue weighted by Gasteiger charge is -2.04. The molecule has 9 heteroatoms. The summed E-state index contributed by atoms with van der Waals surface area (Å²) in [6, 6.07) is 6.73. The van der Waals surface area contributed by atoms with Crippen LogP contribution in [0.25, 0.3) is 0 Å². The lowest BCUT2D eigenvalue weighted by molar-refractivity contribution is 0.600. The predicted molar refractivity (Wildman–Crippen MR) is 79.4 cm³/mol. The van der Waals surface area contributed by atoms with Crippen LogP contribution >= 0.6 is 34.7 Å². The summed E-state index contributed by atoms with van der Waals surface area (Å²) in [7, 11) is -3.51. The van der Waals surface area contributed by atoms with Crippen LogP contribution in [0.2, 0.25) is 5.02 Å². The van der Waals surface area contributed by atoms with E-state index >= 15 is 0 Å². The Hall–Kier alpha value is -0.830. The Labute approximate surface area is 124 Å². The van der Waals surface area contributed by atoms with Crippen LogP contribution in [0.5, 0.6) is 0 Å². The molecule has 1 aromatic heterocycles. The highest BCUT2D eigenvalue weighted by Gasteiger charge is 2.15. The fourth-order valence-electron chi connectivity index (χ4n) is 1.35. The van der Waals surface area contributed by atoms with Crippen molar-refractivity contribution in [1.82, 2.24) is 10.2 Å². The first-order chi connectivity index (χ1) is 8.98. The molecule has 0 unspecified atom stereocenters. The van der Waals surface area contributed by atoms with E-state index in [1.807, 2.05) is 6.26 Å². The number of anilines is 1. The number of hydrogen-bond donors (Lipinski definition) is 1. The van der Waals surface area contributed by atoms with E-state index in [1.165, 1.54) is 23.1 Å². The summed E-state index contributed by atoms with van der Waals surface area (Å²) in [5.74, 6) is -0.151. The standard InChI is InChI=1S/C10H10ClN3O2S3/c1-17-10-13-12-9(18-10)14-19(15,16)6-7-3-2-4-8(11)5-7/h2-5H,6H2,1H3,(H,12,14). The molecule has 0 fully saturated rings. The van der Waals surface area contributed by atoms with E-state index in [-0.39, 0.29) is 10.9 Å². The molecule has 1 heterocycles. The summed E-state index contributed by atoms with van der Waals surface area (Å²) in [5.41, 5.74) is 0.620. The fourth-order valence-corrected chi connectivity index (χ4v) is 4.13. The zero-order chi connectivity index (χ0) is 13.9. The van der Waals surface area contributed by atoms with Crippen molar-refractivity contribution < 1.29 is 8.42 Å². The van der Waals surface area contributed by atoms with Crippen LogP contribution in [0.3, 0.4) is 0 Å². The minimum atomic E-state index is -3.51. The van der Waals surface area contributed by atoms with E-state index < -0.39 is 10.0 Å². The summed E-state index contributed by atoms with van der Waals surface area (Å²) in [6.45, 7) is 0. The summed E-state index contributed by atoms with van der Waals surface area (Å²) < 4.78 is 27.0. The average molecular weight is 336 g/mol. The van der Waals surface area contributed by atoms with Gasteiger partial charge >= 0.3 is 0 Å². The summed E-state index contributed by atoms with van der Waals surface area (Å²) in [6.07, 6.45) is 1.85. The third kappa shape index (κ3) is 4.34. The van der Waals surface area contributed by atoms with Crippen molar-refractivity contribution in [1.29, 1.82) is 0 Å². The fraction of sp³-hybridized carbons (Fsp3) is 0.200. The zero-order valence-corrected chi connectivity index (χ0v) is 13.0. The Morgan fingerprint density at radius 3 is 2.84 bits per heavy atom. The lowest BCUT2D eigenvalue weighted by atomic mass is 10.2. The van der Waals surface area contributed by atoms with E-state index in [9.17, 15) is 8.42 Å². The summed E-state index contributed by atoms with van der Waals surface area (Å²) >= 11 is 8.43. The van der Waals surface area contributed by atoms with Crippen LogP contribution in [0.1, 0.15) is 5.56 Å². The normalized spacial score (nSPS) is 11.5. The maximum Gasteiger partial charge on any atom is 0.238 e. The van der Waals surface area contributed by atoms with Gasteiger partial charge in [0.15, 0.2) is 4.34 Å². The number of thioether (sulfide) groups is 1. The molecule has 0 bridgehead atoms. The van der Waals surface area contributed by atoms with E-state index in [1.54, 1.807) is 24.3 Å². The third-order valence-corrected chi connectivity index (χ3v) is 5.47. The first kappa shape index (κ1) is 14.6. The highest BCUT2D eigenvalue weighted by molar-refractivity contribution is 8.00. The molecule has 5 nitrogen and oxygen atoms in total. The van der Waals surface area contributed by atoms with Crippen LogP contribution in [0.15, 0.2) is 28.6 Å². The molecule has 0 amide bonds. The minimum absolute atomic E-state index is 0.151. The van der Waals surface area contributed by atoms with Crippen molar-refractivity contribution in [2.24, 2.45) is 0 Å². The topological polar surface area (TPSA) is 72.0 Å². The van der Waals surface area contributed by atoms with Gasteiger partial charge in [-0.15, -0.1) is 10.2 Å². The average Bonchev–Trinajstić information content (AvgIpc) is 2.75. The molecule has 1 aromatic carbocycles. The van der Waals surface area contributed by atoms with Crippen molar-refractivity contribution in [3.63, 3.8) is 0 Å². The van der Waals surface area contributed by atoms with Gasteiger partial charge in [-0.3, -0.25) is 4.72 Å². The number of hydrogen-bond acceptors (Lipinski definition) is 6. The van der Waals surface area contributed by atoms with Gasteiger partial charge in [0.1, 0.15) is 0 Å². The molecule has 0 atom stereocenters. The van der Waals surface area contributed by atoms with Gasteiger partial charge in [0.25, 0.3) is 0 Å². The van der Waals surface area contributed by atoms with Gasteiger partial charge < -0.3 is 0 Å². The molecule has 0 radical (unpaired) electrons. The van der Waals surface area contributed by atoms with E-state index in [0.29, 0.717) is 14.9 Å². The smallest absolute Gasteiger partial charge is 0.238 e. The maximum atomic E-state index is 12.0. The molecule has 0 saturated heterocycles. The van der Waals surface area contributed by atoms with Crippen molar-refractivity contribution in [2.45, 2.75) is 10.1 Å². The molecule has 0 aliphatic heterocycles. The number of sulfonamides is 1. The van der Waals surface area contributed by atoms with Gasteiger partial charge in [0.05, 0.1) is 5.75 Å². The second-order valence-electron chi connectivity index (χ2n) is 3.57. The van der Waals surface area contributed by atoms with Crippen molar-refractivity contribution >= 4 is 49.9 Å². The monoisotopic (exact) mass is 335 g/mol. The molecule has 0 spiro atoms. The van der Waals surface area contributed by atoms with Gasteiger partial charge in [-0.2, -0.15) is 0 Å². The molecular weight excluding hydrogens is 326 g/mol. The number of aromatic nitrogens is 2. The minimum Gasteiger partial charge on any atom is -0.257 e. The van der Waals surface area contributed by atoms with Crippen LogP contribution in [-0.2, 0) is 15.8 Å². The van der Waals surface area contributed by atoms with E-state index in [0.717, 1.165) is 0 Å². The molecule has 0 aliphatic carbocycles. The van der Waals surface area contributed by atoms with Crippen molar-refractivity contribution in [3.05, 3.63) is 34.9 Å². The van der Waals surface area contributed by atoms with Crippen LogP contribution in [-0.4, -0.2) is 24.9 Å². The largest absolute Gasteiger partial charge is 0.257 e. The van der Waals surface area contributed by atoms with Crippen molar-refractivity contribution in [2.75, 3.05) is 11.0 Å². The molecule has 0 saturated carbocycles. The van der Waals surface area contributed by atoms with Crippen molar-refractivity contribution in [3.8, 4) is 0 Å². The Bertz CT molecular complexity index is 672. The summed E-state index contributed by atoms with van der Waals surface area (Å²) in [5, 5.41) is 8.36. The first-order valence-corrected chi connectivity index (χ1v) is 9.18. The Morgan fingerprint density at radius 2 is 2.21 bits per heavy atom. The number of halogens is 1. The third-order valence-electron chi connectivity index (χ3n) is 2.07. The number of benzene rings is 1. The van der Waals surface area contributed by atoms with E-state index in [2.05, 4.69) is 14.9 Å². The predicted octanol–water partition coefficient (Wildman–Crippen LogP) is 2.86. The van der Waals surface area contributed by atoms with Gasteiger partial charge in [-0.25, -0.2) is 8.42 Å². The molecule has 0 aliphatic rings. The number of rotatable bonds is 5. The highest BCUT2D eigenvalue weighted by atomic mass is 35.5. The Morgan fingerprint density at radius 1 is 1.42 bits per heavy atom. The number of nitrogens with one attached hydrogen (secondary N) is 1. The van der Waals surface area contributed by atoms with Gasteiger partial charge in [0, 0.05) is 5.02 Å². The second kappa shape index (κ2) is 6.08. The highest BCUT2D eigenvalue weighted by Crippen LogP contribution is 2.24. The van der Waals surface area contributed by atoms with Crippen LogP contribution < -0.4 is 4.72 Å². The summed E-state index contributed by atoms with van der Waals surface area (Å²) in [4.78, 5) is 0. The van der Waals surface area contributed by atoms with Gasteiger partial charge in [0.2, 0.25) is 15.2 Å². The SMILES string of the molecule is CSc1nnc(NS(=O)(=O)Cc2cccc(Cl)c2)s1. The lowest BCUT2D eigenvalue weighted by Crippen LogP contribution is -2.14. The molecule has 2 rings (SSSR count). The Kier molecular flexibility index (Phi) is 4.67. The number of nitrogens with zero attached hydrogens (tertiary/aromatic N) is 2. The quantitative estimate of drug-likeness (QED) is 0.851. The second-order valence-corrected chi connectivity index (χ2v) is 7.76. The Balaban J connectivity index is 2.10. The molecule has 1 N–H and O–H groups in total. The van der Waals surface area contributed by atoms with Gasteiger partial charge in [-0.05, 0) is 24.0 Å². The molecular formula is C10H10ClN3O2S3. The first-order valence-electron chi connectivity index (χ1n) is 5.11. The molecule has 102 valence electrons. The van der Waals surface area contributed by atoms with Crippen LogP contribution in [0, 0.1) is 0 Å².